The first-order valence-electron chi connectivity index (χ1n) is 11.3. The molecule has 3 aromatic rings. The van der Waals surface area contributed by atoms with Gasteiger partial charge in [-0.3, -0.25) is 9.69 Å². The first-order valence-corrected chi connectivity index (χ1v) is 12.1. The lowest BCUT2D eigenvalue weighted by Gasteiger charge is -2.26. The molecule has 0 aromatic heterocycles. The number of nitrogens with one attached hydrogen (secondary N) is 1. The third-order valence-corrected chi connectivity index (χ3v) is 6.22. The number of rotatable bonds is 11. The van der Waals surface area contributed by atoms with Gasteiger partial charge in [0.15, 0.2) is 0 Å². The van der Waals surface area contributed by atoms with E-state index >= 15 is 0 Å². The van der Waals surface area contributed by atoms with E-state index in [0.29, 0.717) is 29.6 Å². The summed E-state index contributed by atoms with van der Waals surface area (Å²) in [6.45, 7) is 1.11. The van der Waals surface area contributed by atoms with Gasteiger partial charge in [-0.2, -0.15) is 0 Å². The van der Waals surface area contributed by atoms with Crippen LogP contribution in [-0.2, 0) is 11.3 Å². The van der Waals surface area contributed by atoms with Crippen LogP contribution >= 0.6 is 23.2 Å². The van der Waals surface area contributed by atoms with Crippen LogP contribution in [0, 0.1) is 0 Å². The standard InChI is InChI=1S/C28H30Cl2N2O2/c1-32(27(16-18-33)28(34)31-20-21-9-3-2-4-10-21)17-8-7-12-22-11-5-6-13-24(22)25-15-14-23(29)19-26(25)30/h2-7,9-15,19,27,33H,8,16-18,20H2,1H3,(H,31,34)/b12-7+. The van der Waals surface area contributed by atoms with Gasteiger partial charge in [0.1, 0.15) is 0 Å². The summed E-state index contributed by atoms with van der Waals surface area (Å²) in [5, 5.41) is 13.7. The molecule has 0 aliphatic rings. The minimum Gasteiger partial charge on any atom is -0.396 e. The molecule has 6 heteroatoms. The van der Waals surface area contributed by atoms with E-state index in [1.54, 1.807) is 6.07 Å². The van der Waals surface area contributed by atoms with Crippen LogP contribution in [0.2, 0.25) is 10.0 Å². The molecule has 2 N–H and O–H groups in total. The maximum absolute atomic E-state index is 12.8. The first kappa shape index (κ1) is 26.0. The molecule has 1 atom stereocenters. The Labute approximate surface area is 211 Å². The molecule has 3 rings (SSSR count). The van der Waals surface area contributed by atoms with Crippen molar-refractivity contribution in [3.8, 4) is 11.1 Å². The van der Waals surface area contributed by atoms with Crippen LogP contribution in [0.25, 0.3) is 17.2 Å². The van der Waals surface area contributed by atoms with Crippen molar-refractivity contribution in [2.24, 2.45) is 0 Å². The summed E-state index contributed by atoms with van der Waals surface area (Å²) < 4.78 is 0. The van der Waals surface area contributed by atoms with Gasteiger partial charge >= 0.3 is 0 Å². The molecule has 0 aliphatic carbocycles. The van der Waals surface area contributed by atoms with E-state index in [-0.39, 0.29) is 18.6 Å². The smallest absolute Gasteiger partial charge is 0.237 e. The van der Waals surface area contributed by atoms with Crippen LogP contribution in [0.3, 0.4) is 0 Å². The Morgan fingerprint density at radius 1 is 1.03 bits per heavy atom. The zero-order valence-corrected chi connectivity index (χ0v) is 20.8. The molecule has 0 bridgehead atoms. The largest absolute Gasteiger partial charge is 0.396 e. The second kappa shape index (κ2) is 13.3. The molecule has 3 aromatic carbocycles. The van der Waals surface area contributed by atoms with Crippen molar-refractivity contribution < 1.29 is 9.90 Å². The van der Waals surface area contributed by atoms with Gasteiger partial charge in [0.05, 0.1) is 6.04 Å². The highest BCUT2D eigenvalue weighted by molar-refractivity contribution is 6.36. The molecular formula is C28H30Cl2N2O2. The van der Waals surface area contributed by atoms with E-state index in [4.69, 9.17) is 23.2 Å². The summed E-state index contributed by atoms with van der Waals surface area (Å²) in [7, 11) is 1.91. The Morgan fingerprint density at radius 3 is 2.50 bits per heavy atom. The molecule has 0 saturated heterocycles. The number of amides is 1. The van der Waals surface area contributed by atoms with Crippen LogP contribution in [0.15, 0.2) is 78.9 Å². The summed E-state index contributed by atoms with van der Waals surface area (Å²) in [5.74, 6) is -0.0768. The average Bonchev–Trinajstić information content (AvgIpc) is 2.84. The summed E-state index contributed by atoms with van der Waals surface area (Å²) in [6.07, 6.45) is 5.31. The molecular weight excluding hydrogens is 467 g/mol. The Bertz CT molecular complexity index is 1100. The predicted molar refractivity (Wildman–Crippen MR) is 142 cm³/mol. The highest BCUT2D eigenvalue weighted by Gasteiger charge is 2.22. The summed E-state index contributed by atoms with van der Waals surface area (Å²) in [5.41, 5.74) is 4.07. The minimum atomic E-state index is -0.387. The van der Waals surface area contributed by atoms with Gasteiger partial charge in [0, 0.05) is 35.3 Å². The SMILES string of the molecule is CN(CC/C=C/c1ccccc1-c1ccc(Cl)cc1Cl)C(CCO)C(=O)NCc1ccccc1. The molecule has 178 valence electrons. The molecule has 0 radical (unpaired) electrons. The number of carbonyl (C=O) groups is 1. The van der Waals surface area contributed by atoms with Crippen molar-refractivity contribution in [3.05, 3.63) is 100 Å². The lowest BCUT2D eigenvalue weighted by Crippen LogP contribution is -2.45. The Kier molecular flexibility index (Phi) is 10.2. The molecule has 0 heterocycles. The van der Waals surface area contributed by atoms with Gasteiger partial charge < -0.3 is 10.4 Å². The third kappa shape index (κ3) is 7.44. The molecule has 1 amide bonds. The zero-order valence-electron chi connectivity index (χ0n) is 19.3. The van der Waals surface area contributed by atoms with Crippen molar-refractivity contribution >= 4 is 35.2 Å². The van der Waals surface area contributed by atoms with Crippen molar-refractivity contribution in [1.82, 2.24) is 10.2 Å². The average molecular weight is 497 g/mol. The number of hydrogen-bond donors (Lipinski definition) is 2. The lowest BCUT2D eigenvalue weighted by atomic mass is 9.99. The quantitative estimate of drug-likeness (QED) is 0.339. The Balaban J connectivity index is 1.60. The summed E-state index contributed by atoms with van der Waals surface area (Å²) in [6, 6.07) is 23.0. The van der Waals surface area contributed by atoms with Crippen molar-refractivity contribution in [2.45, 2.75) is 25.4 Å². The summed E-state index contributed by atoms with van der Waals surface area (Å²) in [4.78, 5) is 14.7. The van der Waals surface area contributed by atoms with E-state index in [1.165, 1.54) is 0 Å². The number of aliphatic hydroxyl groups is 1. The fourth-order valence-electron chi connectivity index (χ4n) is 3.82. The topological polar surface area (TPSA) is 52.6 Å². The second-order valence-corrected chi connectivity index (χ2v) is 8.96. The van der Waals surface area contributed by atoms with Gasteiger partial charge in [-0.15, -0.1) is 0 Å². The van der Waals surface area contributed by atoms with Crippen LogP contribution in [0.1, 0.15) is 24.0 Å². The maximum Gasteiger partial charge on any atom is 0.237 e. The third-order valence-electron chi connectivity index (χ3n) is 5.67. The predicted octanol–water partition coefficient (Wildman–Crippen LogP) is 6.06. The number of hydrogen-bond acceptors (Lipinski definition) is 3. The normalized spacial score (nSPS) is 12.3. The van der Waals surface area contributed by atoms with Crippen LogP contribution < -0.4 is 5.32 Å². The molecule has 0 saturated carbocycles. The fraction of sp³-hybridized carbons (Fsp3) is 0.250. The number of carbonyl (C=O) groups excluding carboxylic acids is 1. The van der Waals surface area contributed by atoms with Gasteiger partial charge in [-0.1, -0.05) is 96.0 Å². The highest BCUT2D eigenvalue weighted by atomic mass is 35.5. The number of likely N-dealkylation sites (N-methyl/N-ethyl adjacent to an activating group) is 1. The van der Waals surface area contributed by atoms with Crippen LogP contribution in [0.4, 0.5) is 0 Å². The number of halogens is 2. The van der Waals surface area contributed by atoms with E-state index in [9.17, 15) is 9.90 Å². The number of nitrogens with zero attached hydrogens (tertiary/aromatic N) is 1. The van der Waals surface area contributed by atoms with Crippen molar-refractivity contribution in [1.29, 1.82) is 0 Å². The first-order chi connectivity index (χ1) is 16.5. The molecule has 4 nitrogen and oxygen atoms in total. The second-order valence-electron chi connectivity index (χ2n) is 8.11. The minimum absolute atomic E-state index is 0.0428. The number of aliphatic hydroxyl groups excluding tert-OH is 1. The monoisotopic (exact) mass is 496 g/mol. The van der Waals surface area contributed by atoms with Crippen LogP contribution in [-0.4, -0.2) is 42.2 Å². The highest BCUT2D eigenvalue weighted by Crippen LogP contribution is 2.33. The van der Waals surface area contributed by atoms with E-state index in [1.807, 2.05) is 78.7 Å². The van der Waals surface area contributed by atoms with Crippen molar-refractivity contribution in [2.75, 3.05) is 20.2 Å². The maximum atomic E-state index is 12.8. The fourth-order valence-corrected chi connectivity index (χ4v) is 4.33. The molecule has 0 aliphatic heterocycles. The van der Waals surface area contributed by atoms with Gasteiger partial charge in [-0.25, -0.2) is 0 Å². The molecule has 1 unspecified atom stereocenters. The Hall–Kier alpha value is -2.63. The summed E-state index contributed by atoms with van der Waals surface area (Å²) >= 11 is 12.5. The molecule has 34 heavy (non-hydrogen) atoms. The Morgan fingerprint density at radius 2 is 1.76 bits per heavy atom. The zero-order chi connectivity index (χ0) is 24.3. The van der Waals surface area contributed by atoms with E-state index < -0.39 is 0 Å². The van der Waals surface area contributed by atoms with Gasteiger partial charge in [0.2, 0.25) is 5.91 Å². The number of benzene rings is 3. The lowest BCUT2D eigenvalue weighted by molar-refractivity contribution is -0.126. The van der Waals surface area contributed by atoms with E-state index in [2.05, 4.69) is 17.5 Å². The molecule has 0 spiro atoms. The van der Waals surface area contributed by atoms with Crippen molar-refractivity contribution in [3.63, 3.8) is 0 Å². The van der Waals surface area contributed by atoms with Crippen LogP contribution in [0.5, 0.6) is 0 Å². The molecule has 0 fully saturated rings. The van der Waals surface area contributed by atoms with E-state index in [0.717, 1.165) is 28.7 Å². The van der Waals surface area contributed by atoms with Gasteiger partial charge in [0.25, 0.3) is 0 Å². The van der Waals surface area contributed by atoms with Gasteiger partial charge in [-0.05, 0) is 48.7 Å².